The quantitative estimate of drug-likeness (QED) is 0.903. The van der Waals surface area contributed by atoms with E-state index in [1.807, 2.05) is 0 Å². The Morgan fingerprint density at radius 1 is 1.25 bits per heavy atom. The lowest BCUT2D eigenvalue weighted by Gasteiger charge is -2.48. The van der Waals surface area contributed by atoms with Crippen molar-refractivity contribution in [3.63, 3.8) is 0 Å². The first-order valence-electron chi connectivity index (χ1n) is 7.33. The number of hydrogen-bond acceptors (Lipinski definition) is 2. The third-order valence-corrected chi connectivity index (χ3v) is 4.95. The molecular formula is C16H20F2O2. The molecule has 1 aromatic carbocycles. The van der Waals surface area contributed by atoms with E-state index in [1.165, 1.54) is 12.1 Å². The second-order valence-corrected chi connectivity index (χ2v) is 6.09. The highest BCUT2D eigenvalue weighted by atomic mass is 19.2. The van der Waals surface area contributed by atoms with Gasteiger partial charge in [-0.2, -0.15) is 0 Å². The van der Waals surface area contributed by atoms with Crippen molar-refractivity contribution >= 4 is 0 Å². The van der Waals surface area contributed by atoms with E-state index in [2.05, 4.69) is 0 Å². The molecule has 4 heteroatoms. The van der Waals surface area contributed by atoms with Gasteiger partial charge in [-0.1, -0.05) is 12.5 Å². The molecule has 0 bridgehead atoms. The topological polar surface area (TPSA) is 29.5 Å². The van der Waals surface area contributed by atoms with E-state index < -0.39 is 17.2 Å². The fraction of sp³-hybridized carbons (Fsp3) is 0.625. The van der Waals surface area contributed by atoms with Gasteiger partial charge in [0, 0.05) is 18.9 Å². The molecule has 2 fully saturated rings. The van der Waals surface area contributed by atoms with Gasteiger partial charge in [0.25, 0.3) is 0 Å². The number of fused-ring (bicyclic) bond motifs is 1. The van der Waals surface area contributed by atoms with Gasteiger partial charge in [-0.05, 0) is 42.9 Å². The molecule has 110 valence electrons. The summed E-state index contributed by atoms with van der Waals surface area (Å²) in [7, 11) is 0. The zero-order valence-corrected chi connectivity index (χ0v) is 11.4. The molecule has 3 atom stereocenters. The minimum atomic E-state index is -0.819. The first-order valence-corrected chi connectivity index (χ1v) is 7.33. The van der Waals surface area contributed by atoms with E-state index in [0.29, 0.717) is 26.1 Å². The molecule has 2 nitrogen and oxygen atoms in total. The second-order valence-electron chi connectivity index (χ2n) is 6.09. The predicted molar refractivity (Wildman–Crippen MR) is 71.3 cm³/mol. The molecule has 2 aliphatic rings. The molecule has 1 saturated carbocycles. The summed E-state index contributed by atoms with van der Waals surface area (Å²) >= 11 is 0. The zero-order valence-electron chi connectivity index (χ0n) is 11.4. The maximum Gasteiger partial charge on any atom is 0.159 e. The number of aliphatic hydroxyl groups is 1. The van der Waals surface area contributed by atoms with Crippen molar-refractivity contribution < 1.29 is 18.6 Å². The molecule has 0 amide bonds. The Balaban J connectivity index is 1.79. The average molecular weight is 282 g/mol. The summed E-state index contributed by atoms with van der Waals surface area (Å²) in [5.41, 5.74) is 0.0518. The van der Waals surface area contributed by atoms with Crippen molar-refractivity contribution in [2.45, 2.75) is 37.7 Å². The normalized spacial score (nSPS) is 33.8. The SMILES string of the molecule is O[C@]12CCOC[C@@H]1CCC[C@H]2Cc1ccc(F)c(F)c1. The van der Waals surface area contributed by atoms with Crippen LogP contribution < -0.4 is 0 Å². The Bertz CT molecular complexity index is 489. The smallest absolute Gasteiger partial charge is 0.159 e. The number of hydrogen-bond donors (Lipinski definition) is 1. The van der Waals surface area contributed by atoms with Gasteiger partial charge < -0.3 is 9.84 Å². The highest BCUT2D eigenvalue weighted by molar-refractivity contribution is 5.19. The number of halogens is 2. The lowest BCUT2D eigenvalue weighted by atomic mass is 9.64. The Morgan fingerprint density at radius 3 is 2.90 bits per heavy atom. The van der Waals surface area contributed by atoms with Crippen LogP contribution in [0, 0.1) is 23.5 Å². The minimum Gasteiger partial charge on any atom is -0.389 e. The van der Waals surface area contributed by atoms with Crippen LogP contribution in [0.4, 0.5) is 8.78 Å². The van der Waals surface area contributed by atoms with E-state index in [1.54, 1.807) is 6.07 Å². The molecule has 1 aromatic rings. The van der Waals surface area contributed by atoms with Crippen LogP contribution in [0.2, 0.25) is 0 Å². The van der Waals surface area contributed by atoms with Gasteiger partial charge in [-0.25, -0.2) is 8.78 Å². The summed E-state index contributed by atoms with van der Waals surface area (Å²) in [6.45, 7) is 1.20. The first kappa shape index (κ1) is 14.0. The molecule has 1 aliphatic carbocycles. The molecule has 1 saturated heterocycles. The predicted octanol–water partition coefficient (Wildman–Crippen LogP) is 3.08. The molecular weight excluding hydrogens is 262 g/mol. The Kier molecular flexibility index (Phi) is 3.78. The summed E-state index contributed by atoms with van der Waals surface area (Å²) in [6, 6.07) is 4.03. The molecule has 3 rings (SSSR count). The second kappa shape index (κ2) is 5.41. The van der Waals surface area contributed by atoms with Crippen molar-refractivity contribution in [2.75, 3.05) is 13.2 Å². The number of benzene rings is 1. The van der Waals surface area contributed by atoms with Crippen molar-refractivity contribution in [1.82, 2.24) is 0 Å². The van der Waals surface area contributed by atoms with Crippen LogP contribution in [-0.2, 0) is 11.2 Å². The van der Waals surface area contributed by atoms with Gasteiger partial charge in [-0.3, -0.25) is 0 Å². The Hall–Kier alpha value is -1.00. The largest absolute Gasteiger partial charge is 0.389 e. The third-order valence-electron chi connectivity index (χ3n) is 4.95. The molecule has 1 aliphatic heterocycles. The summed E-state index contributed by atoms with van der Waals surface area (Å²) in [4.78, 5) is 0. The van der Waals surface area contributed by atoms with Crippen LogP contribution >= 0.6 is 0 Å². The molecule has 1 N–H and O–H groups in total. The lowest BCUT2D eigenvalue weighted by molar-refractivity contribution is -0.162. The van der Waals surface area contributed by atoms with Crippen LogP contribution in [0.1, 0.15) is 31.2 Å². The van der Waals surface area contributed by atoms with Crippen molar-refractivity contribution in [2.24, 2.45) is 11.8 Å². The lowest BCUT2D eigenvalue weighted by Crippen LogP contribution is -2.53. The van der Waals surface area contributed by atoms with E-state index >= 15 is 0 Å². The summed E-state index contributed by atoms with van der Waals surface area (Å²) in [6.07, 6.45) is 4.23. The summed E-state index contributed by atoms with van der Waals surface area (Å²) in [5, 5.41) is 11.0. The van der Waals surface area contributed by atoms with E-state index in [4.69, 9.17) is 4.74 Å². The van der Waals surface area contributed by atoms with Gasteiger partial charge >= 0.3 is 0 Å². The van der Waals surface area contributed by atoms with Crippen LogP contribution in [-0.4, -0.2) is 23.9 Å². The van der Waals surface area contributed by atoms with Crippen molar-refractivity contribution in [1.29, 1.82) is 0 Å². The average Bonchev–Trinajstić information content (AvgIpc) is 2.43. The third kappa shape index (κ3) is 2.47. The molecule has 0 spiro atoms. The monoisotopic (exact) mass is 282 g/mol. The molecule has 0 unspecified atom stereocenters. The highest BCUT2D eigenvalue weighted by Crippen LogP contribution is 2.44. The summed E-state index contributed by atoms with van der Waals surface area (Å²) < 4.78 is 31.8. The van der Waals surface area contributed by atoms with Crippen LogP contribution in [0.5, 0.6) is 0 Å². The number of ether oxygens (including phenoxy) is 1. The van der Waals surface area contributed by atoms with Gasteiger partial charge in [0.05, 0.1) is 12.2 Å². The molecule has 0 aromatic heterocycles. The Labute approximate surface area is 117 Å². The van der Waals surface area contributed by atoms with Gasteiger partial charge in [-0.15, -0.1) is 0 Å². The van der Waals surface area contributed by atoms with Crippen molar-refractivity contribution in [3.05, 3.63) is 35.4 Å². The van der Waals surface area contributed by atoms with Crippen molar-refractivity contribution in [3.8, 4) is 0 Å². The molecule has 1 heterocycles. The van der Waals surface area contributed by atoms with Crippen LogP contribution in [0.25, 0.3) is 0 Å². The fourth-order valence-electron chi connectivity index (χ4n) is 3.77. The zero-order chi connectivity index (χ0) is 14.2. The van der Waals surface area contributed by atoms with Gasteiger partial charge in [0.15, 0.2) is 11.6 Å². The fourth-order valence-corrected chi connectivity index (χ4v) is 3.77. The number of rotatable bonds is 2. The molecule has 20 heavy (non-hydrogen) atoms. The first-order chi connectivity index (χ1) is 9.59. The van der Waals surface area contributed by atoms with Gasteiger partial charge in [0.2, 0.25) is 0 Å². The van der Waals surface area contributed by atoms with E-state index in [0.717, 1.165) is 24.8 Å². The van der Waals surface area contributed by atoms with Crippen LogP contribution in [0.15, 0.2) is 18.2 Å². The maximum atomic E-state index is 13.3. The summed E-state index contributed by atoms with van der Waals surface area (Å²) in [5.74, 6) is -1.34. The van der Waals surface area contributed by atoms with E-state index in [-0.39, 0.29) is 11.8 Å². The highest BCUT2D eigenvalue weighted by Gasteiger charge is 2.47. The molecule has 0 radical (unpaired) electrons. The Morgan fingerprint density at radius 2 is 2.10 bits per heavy atom. The standard InChI is InChI=1S/C16H20F2O2/c17-14-5-4-11(9-15(14)18)8-12-2-1-3-13-10-20-7-6-16(12,13)19/h4-5,9,12-13,19H,1-3,6-8,10H2/t12-,13-,16-/m0/s1. The maximum absolute atomic E-state index is 13.3. The van der Waals surface area contributed by atoms with Crippen LogP contribution in [0.3, 0.4) is 0 Å². The van der Waals surface area contributed by atoms with E-state index in [9.17, 15) is 13.9 Å². The van der Waals surface area contributed by atoms with Gasteiger partial charge in [0.1, 0.15) is 0 Å². The minimum absolute atomic E-state index is 0.106.